The fourth-order valence-electron chi connectivity index (χ4n) is 1.49. The normalized spacial score (nSPS) is 10.9. The lowest BCUT2D eigenvalue weighted by molar-refractivity contribution is 0.131. The molecule has 0 bridgehead atoms. The minimum atomic E-state index is -0.673. The van der Waals surface area contributed by atoms with Gasteiger partial charge in [0.05, 0.1) is 6.21 Å². The molecule has 0 radical (unpaired) electrons. The van der Waals surface area contributed by atoms with Crippen molar-refractivity contribution in [1.29, 1.82) is 0 Å². The van der Waals surface area contributed by atoms with Gasteiger partial charge in [0.25, 0.3) is 0 Å². The highest BCUT2D eigenvalue weighted by Crippen LogP contribution is 2.09. The summed E-state index contributed by atoms with van der Waals surface area (Å²) in [6.45, 7) is -0.0690. The molecule has 0 unspecified atom stereocenters. The number of benzene rings is 2. The van der Waals surface area contributed by atoms with Crippen molar-refractivity contribution in [2.45, 2.75) is 6.61 Å². The van der Waals surface area contributed by atoms with Crippen molar-refractivity contribution in [2.75, 3.05) is 0 Å². The Kier molecular flexibility index (Phi) is 4.18. The molecule has 0 saturated carbocycles. The van der Waals surface area contributed by atoms with E-state index in [4.69, 9.17) is 4.84 Å². The second-order valence-electron chi connectivity index (χ2n) is 3.84. The molecule has 98 valence electrons. The number of nitrogens with zero attached hydrogens (tertiary/aromatic N) is 1. The van der Waals surface area contributed by atoms with E-state index in [1.807, 2.05) is 0 Å². The third-order valence-electron chi connectivity index (χ3n) is 2.28. The van der Waals surface area contributed by atoms with Crippen LogP contribution in [-0.2, 0) is 11.4 Å². The van der Waals surface area contributed by atoms with Crippen molar-refractivity contribution >= 4 is 6.21 Å². The first-order valence-electron chi connectivity index (χ1n) is 5.49. The fourth-order valence-corrected chi connectivity index (χ4v) is 1.49. The van der Waals surface area contributed by atoms with Crippen LogP contribution in [-0.4, -0.2) is 6.21 Å². The van der Waals surface area contributed by atoms with Crippen LogP contribution in [0.5, 0.6) is 0 Å². The number of hydrogen-bond donors (Lipinski definition) is 0. The minimum absolute atomic E-state index is 0.0690. The molecule has 2 rings (SSSR count). The molecule has 0 atom stereocenters. The van der Waals surface area contributed by atoms with E-state index in [0.29, 0.717) is 11.1 Å². The van der Waals surface area contributed by atoms with Crippen molar-refractivity contribution in [3.05, 3.63) is 71.0 Å². The standard InChI is InChI=1S/C14H10F3NO/c15-12-3-1-2-10(4-12)8-18-19-9-11-5-13(16)7-14(17)6-11/h1-8H,9H2. The first-order chi connectivity index (χ1) is 9.13. The van der Waals surface area contributed by atoms with E-state index < -0.39 is 11.6 Å². The van der Waals surface area contributed by atoms with Gasteiger partial charge in [-0.2, -0.15) is 0 Å². The molecule has 2 aromatic carbocycles. The maximum absolute atomic E-state index is 12.9. The topological polar surface area (TPSA) is 21.6 Å². The zero-order valence-electron chi connectivity index (χ0n) is 9.82. The van der Waals surface area contributed by atoms with E-state index in [-0.39, 0.29) is 12.4 Å². The molecule has 0 spiro atoms. The lowest BCUT2D eigenvalue weighted by Crippen LogP contribution is -1.91. The van der Waals surface area contributed by atoms with Gasteiger partial charge in [0.2, 0.25) is 0 Å². The molecule has 0 N–H and O–H groups in total. The first-order valence-corrected chi connectivity index (χ1v) is 5.49. The van der Waals surface area contributed by atoms with Crippen LogP contribution < -0.4 is 0 Å². The largest absolute Gasteiger partial charge is 0.391 e. The predicted octanol–water partition coefficient (Wildman–Crippen LogP) is 3.65. The van der Waals surface area contributed by atoms with Gasteiger partial charge in [0.1, 0.15) is 24.1 Å². The molecular formula is C14H10F3NO. The molecule has 0 aliphatic rings. The summed E-state index contributed by atoms with van der Waals surface area (Å²) in [7, 11) is 0. The van der Waals surface area contributed by atoms with Gasteiger partial charge >= 0.3 is 0 Å². The first kappa shape index (κ1) is 13.1. The van der Waals surface area contributed by atoms with Crippen LogP contribution in [0, 0.1) is 17.5 Å². The highest BCUT2D eigenvalue weighted by Gasteiger charge is 2.00. The summed E-state index contributed by atoms with van der Waals surface area (Å²) in [5.74, 6) is -1.73. The van der Waals surface area contributed by atoms with E-state index in [0.717, 1.165) is 18.2 Å². The Balaban J connectivity index is 1.93. The Morgan fingerprint density at radius 1 is 0.947 bits per heavy atom. The van der Waals surface area contributed by atoms with Crippen LogP contribution in [0.25, 0.3) is 0 Å². The molecule has 0 fully saturated rings. The Hall–Kier alpha value is -2.30. The summed E-state index contributed by atoms with van der Waals surface area (Å²) in [4.78, 5) is 4.89. The number of hydrogen-bond acceptors (Lipinski definition) is 2. The monoisotopic (exact) mass is 265 g/mol. The summed E-state index contributed by atoms with van der Waals surface area (Å²) < 4.78 is 38.6. The number of oxime groups is 1. The van der Waals surface area contributed by atoms with E-state index >= 15 is 0 Å². The van der Waals surface area contributed by atoms with Crippen molar-refractivity contribution in [2.24, 2.45) is 5.16 Å². The molecule has 2 nitrogen and oxygen atoms in total. The van der Waals surface area contributed by atoms with Crippen molar-refractivity contribution in [3.8, 4) is 0 Å². The van der Waals surface area contributed by atoms with Gasteiger partial charge < -0.3 is 4.84 Å². The summed E-state index contributed by atoms with van der Waals surface area (Å²) >= 11 is 0. The fraction of sp³-hybridized carbons (Fsp3) is 0.0714. The van der Waals surface area contributed by atoms with E-state index in [1.54, 1.807) is 12.1 Å². The molecule has 2 aromatic rings. The zero-order chi connectivity index (χ0) is 13.7. The highest BCUT2D eigenvalue weighted by molar-refractivity contribution is 5.78. The van der Waals surface area contributed by atoms with Crippen molar-refractivity contribution < 1.29 is 18.0 Å². The Labute approximate surface area is 108 Å². The summed E-state index contributed by atoms with van der Waals surface area (Å²) in [6.07, 6.45) is 1.32. The third kappa shape index (κ3) is 4.13. The zero-order valence-corrected chi connectivity index (χ0v) is 9.82. The van der Waals surface area contributed by atoms with Crippen LogP contribution >= 0.6 is 0 Å². The maximum atomic E-state index is 12.9. The molecule has 19 heavy (non-hydrogen) atoms. The third-order valence-corrected chi connectivity index (χ3v) is 2.28. The Morgan fingerprint density at radius 3 is 2.37 bits per heavy atom. The molecule has 0 aliphatic heterocycles. The average molecular weight is 265 g/mol. The smallest absolute Gasteiger partial charge is 0.142 e. The Morgan fingerprint density at radius 2 is 1.68 bits per heavy atom. The molecule has 5 heteroatoms. The second kappa shape index (κ2) is 6.04. The molecule has 0 aliphatic carbocycles. The van der Waals surface area contributed by atoms with Crippen molar-refractivity contribution in [3.63, 3.8) is 0 Å². The lowest BCUT2D eigenvalue weighted by atomic mass is 10.2. The average Bonchev–Trinajstić information content (AvgIpc) is 2.34. The van der Waals surface area contributed by atoms with Crippen LogP contribution in [0.1, 0.15) is 11.1 Å². The van der Waals surface area contributed by atoms with Crippen LogP contribution in [0.15, 0.2) is 47.6 Å². The summed E-state index contributed by atoms with van der Waals surface area (Å²) in [5, 5.41) is 3.60. The highest BCUT2D eigenvalue weighted by atomic mass is 19.1. The van der Waals surface area contributed by atoms with Gasteiger partial charge in [-0.3, -0.25) is 0 Å². The van der Waals surface area contributed by atoms with E-state index in [9.17, 15) is 13.2 Å². The SMILES string of the molecule is Fc1cccc(C=NOCc2cc(F)cc(F)c2)c1. The summed E-state index contributed by atoms with van der Waals surface area (Å²) in [5.41, 5.74) is 0.860. The number of rotatable bonds is 4. The molecule has 0 heterocycles. The van der Waals surface area contributed by atoms with Gasteiger partial charge in [-0.1, -0.05) is 17.3 Å². The lowest BCUT2D eigenvalue weighted by Gasteiger charge is -2.00. The van der Waals surface area contributed by atoms with Crippen LogP contribution in [0.3, 0.4) is 0 Å². The second-order valence-corrected chi connectivity index (χ2v) is 3.84. The Bertz CT molecular complexity index is 579. The van der Waals surface area contributed by atoms with Gasteiger partial charge in [0.15, 0.2) is 0 Å². The molecule has 0 amide bonds. The van der Waals surface area contributed by atoms with Crippen LogP contribution in [0.2, 0.25) is 0 Å². The molecular weight excluding hydrogens is 255 g/mol. The van der Waals surface area contributed by atoms with Gasteiger partial charge in [-0.05, 0) is 35.4 Å². The van der Waals surface area contributed by atoms with E-state index in [1.165, 1.54) is 18.3 Å². The predicted molar refractivity (Wildman–Crippen MR) is 65.1 cm³/mol. The molecule has 0 saturated heterocycles. The quantitative estimate of drug-likeness (QED) is 0.610. The van der Waals surface area contributed by atoms with Gasteiger partial charge in [-0.25, -0.2) is 13.2 Å². The maximum Gasteiger partial charge on any atom is 0.142 e. The minimum Gasteiger partial charge on any atom is -0.391 e. The van der Waals surface area contributed by atoms with Crippen LogP contribution in [0.4, 0.5) is 13.2 Å². The number of halogens is 3. The van der Waals surface area contributed by atoms with Gasteiger partial charge in [0, 0.05) is 6.07 Å². The summed E-state index contributed by atoms with van der Waals surface area (Å²) in [6, 6.07) is 8.87. The molecule has 0 aromatic heterocycles. The van der Waals surface area contributed by atoms with Crippen molar-refractivity contribution in [1.82, 2.24) is 0 Å². The van der Waals surface area contributed by atoms with Gasteiger partial charge in [-0.15, -0.1) is 0 Å². The van der Waals surface area contributed by atoms with E-state index in [2.05, 4.69) is 5.16 Å².